The molecule has 6 heteroatoms. The van der Waals surface area contributed by atoms with Crippen LogP contribution in [0.5, 0.6) is 0 Å². The third-order valence-corrected chi connectivity index (χ3v) is 4.27. The molecule has 2 rings (SSSR count). The Hall–Kier alpha value is -1.53. The maximum atomic E-state index is 13.3. The van der Waals surface area contributed by atoms with Crippen molar-refractivity contribution in [2.24, 2.45) is 0 Å². The molecule has 2 aromatic rings. The van der Waals surface area contributed by atoms with E-state index in [1.54, 1.807) is 35.2 Å². The number of rotatable bonds is 6. The Kier molecular flexibility index (Phi) is 5.88. The molecule has 1 aromatic carbocycles. The van der Waals surface area contributed by atoms with Crippen LogP contribution in [0.25, 0.3) is 0 Å². The zero-order valence-electron chi connectivity index (χ0n) is 10.8. The molecule has 0 aliphatic heterocycles. The molecule has 0 aliphatic carbocycles. The number of thioether (sulfide) groups is 1. The lowest BCUT2D eigenvalue weighted by Crippen LogP contribution is -2.30. The molecule has 3 nitrogen and oxygen atoms in total. The van der Waals surface area contributed by atoms with Gasteiger partial charge in [-0.1, -0.05) is 12.1 Å². The minimum Gasteiger partial charge on any atom is -0.337 e. The monoisotopic (exact) mass is 310 g/mol. The Balaban J connectivity index is 1.62. The Bertz CT molecular complexity index is 546. The van der Waals surface area contributed by atoms with Crippen molar-refractivity contribution < 1.29 is 9.18 Å². The van der Waals surface area contributed by atoms with Crippen molar-refractivity contribution in [1.82, 2.24) is 5.32 Å². The highest BCUT2D eigenvalue weighted by molar-refractivity contribution is 7.98. The van der Waals surface area contributed by atoms with Crippen LogP contribution in [0.15, 0.2) is 41.1 Å². The fourth-order valence-corrected chi connectivity index (χ4v) is 3.11. The predicted molar refractivity (Wildman–Crippen MR) is 83.9 cm³/mol. The summed E-state index contributed by atoms with van der Waals surface area (Å²) in [5, 5.41) is 9.35. The van der Waals surface area contributed by atoms with Crippen LogP contribution in [-0.4, -0.2) is 18.3 Å². The van der Waals surface area contributed by atoms with Gasteiger partial charge in [0.1, 0.15) is 5.82 Å². The molecule has 106 valence electrons. The minimum absolute atomic E-state index is 0.191. The number of hydrogen-bond acceptors (Lipinski definition) is 3. The second-order valence-electron chi connectivity index (χ2n) is 4.04. The standard InChI is InChI=1S/C14H15FN2OS2/c15-12-3-1-2-4-13(12)17-14(18)16-6-8-20-10-11-5-7-19-9-11/h1-5,7,9H,6,8,10H2,(H2,16,17,18). The van der Waals surface area contributed by atoms with E-state index in [0.717, 1.165) is 11.5 Å². The number of urea groups is 1. The van der Waals surface area contributed by atoms with Gasteiger partial charge in [-0.05, 0) is 34.5 Å². The van der Waals surface area contributed by atoms with Crippen LogP contribution < -0.4 is 10.6 Å². The van der Waals surface area contributed by atoms with Gasteiger partial charge >= 0.3 is 6.03 Å². The van der Waals surface area contributed by atoms with Crippen molar-refractivity contribution in [3.63, 3.8) is 0 Å². The highest BCUT2D eigenvalue weighted by Crippen LogP contribution is 2.14. The molecule has 1 heterocycles. The molecule has 0 saturated carbocycles. The van der Waals surface area contributed by atoms with Crippen molar-refractivity contribution in [1.29, 1.82) is 0 Å². The van der Waals surface area contributed by atoms with Gasteiger partial charge in [0, 0.05) is 18.1 Å². The molecule has 0 atom stereocenters. The summed E-state index contributed by atoms with van der Waals surface area (Å²) in [5.74, 6) is 1.33. The number of carbonyl (C=O) groups excluding carboxylic acids is 1. The van der Waals surface area contributed by atoms with Gasteiger partial charge in [-0.2, -0.15) is 23.1 Å². The number of carbonyl (C=O) groups is 1. The van der Waals surface area contributed by atoms with Gasteiger partial charge in [-0.25, -0.2) is 9.18 Å². The number of benzene rings is 1. The minimum atomic E-state index is -0.436. The van der Waals surface area contributed by atoms with Crippen LogP contribution in [-0.2, 0) is 5.75 Å². The second kappa shape index (κ2) is 7.91. The van der Waals surface area contributed by atoms with Crippen LogP contribution in [0, 0.1) is 5.82 Å². The van der Waals surface area contributed by atoms with Crippen molar-refractivity contribution in [3.8, 4) is 0 Å². The summed E-state index contributed by atoms with van der Waals surface area (Å²) in [6.07, 6.45) is 0. The number of hydrogen-bond donors (Lipinski definition) is 2. The molecule has 0 radical (unpaired) electrons. The maximum absolute atomic E-state index is 13.3. The first-order chi connectivity index (χ1) is 9.75. The van der Waals surface area contributed by atoms with Crippen LogP contribution in [0.3, 0.4) is 0 Å². The van der Waals surface area contributed by atoms with Crippen LogP contribution in [0.2, 0.25) is 0 Å². The molecule has 1 aromatic heterocycles. The van der Waals surface area contributed by atoms with E-state index in [-0.39, 0.29) is 11.7 Å². The number of halogens is 1. The van der Waals surface area contributed by atoms with Gasteiger partial charge in [0.05, 0.1) is 5.69 Å². The first-order valence-electron chi connectivity index (χ1n) is 6.14. The average Bonchev–Trinajstić information content (AvgIpc) is 2.94. The average molecular weight is 310 g/mol. The van der Waals surface area contributed by atoms with E-state index in [2.05, 4.69) is 27.5 Å². The van der Waals surface area contributed by atoms with Gasteiger partial charge in [-0.15, -0.1) is 0 Å². The Morgan fingerprint density at radius 1 is 1.30 bits per heavy atom. The number of amides is 2. The molecule has 0 aliphatic rings. The van der Waals surface area contributed by atoms with E-state index in [9.17, 15) is 9.18 Å². The van der Waals surface area contributed by atoms with E-state index in [4.69, 9.17) is 0 Å². The zero-order chi connectivity index (χ0) is 14.2. The molecule has 2 amide bonds. The van der Waals surface area contributed by atoms with Gasteiger partial charge in [0.15, 0.2) is 0 Å². The molecule has 20 heavy (non-hydrogen) atoms. The molecule has 0 spiro atoms. The second-order valence-corrected chi connectivity index (χ2v) is 5.93. The van der Waals surface area contributed by atoms with Gasteiger partial charge < -0.3 is 10.6 Å². The normalized spacial score (nSPS) is 10.2. The van der Waals surface area contributed by atoms with Crippen LogP contribution in [0.4, 0.5) is 14.9 Å². The molecular formula is C14H15FN2OS2. The summed E-state index contributed by atoms with van der Waals surface area (Å²) in [6, 6.07) is 7.81. The smallest absolute Gasteiger partial charge is 0.319 e. The van der Waals surface area contributed by atoms with Crippen molar-refractivity contribution in [2.75, 3.05) is 17.6 Å². The predicted octanol–water partition coefficient (Wildman–Crippen LogP) is 3.94. The largest absolute Gasteiger partial charge is 0.337 e. The summed E-state index contributed by atoms with van der Waals surface area (Å²) in [5.41, 5.74) is 1.49. The summed E-state index contributed by atoms with van der Waals surface area (Å²) in [4.78, 5) is 11.6. The van der Waals surface area contributed by atoms with Crippen LogP contribution in [0.1, 0.15) is 5.56 Å². The van der Waals surface area contributed by atoms with Crippen molar-refractivity contribution in [2.45, 2.75) is 5.75 Å². The van der Waals surface area contributed by atoms with Gasteiger partial charge in [-0.3, -0.25) is 0 Å². The fourth-order valence-electron chi connectivity index (χ4n) is 1.53. The number of thiophene rings is 1. The zero-order valence-corrected chi connectivity index (χ0v) is 12.4. The third kappa shape index (κ3) is 4.86. The number of anilines is 1. The lowest BCUT2D eigenvalue weighted by molar-refractivity contribution is 0.252. The topological polar surface area (TPSA) is 41.1 Å². The van der Waals surface area contributed by atoms with Gasteiger partial charge in [0.25, 0.3) is 0 Å². The molecule has 0 fully saturated rings. The van der Waals surface area contributed by atoms with Gasteiger partial charge in [0.2, 0.25) is 0 Å². The Morgan fingerprint density at radius 3 is 2.90 bits per heavy atom. The SMILES string of the molecule is O=C(NCCSCc1ccsc1)Nc1ccccc1F. The summed E-state index contributed by atoms with van der Waals surface area (Å²) in [6.45, 7) is 0.551. The van der Waals surface area contributed by atoms with Crippen LogP contribution >= 0.6 is 23.1 Å². The molecule has 2 N–H and O–H groups in total. The summed E-state index contributed by atoms with van der Waals surface area (Å²) < 4.78 is 13.3. The maximum Gasteiger partial charge on any atom is 0.319 e. The molecular weight excluding hydrogens is 295 g/mol. The Morgan fingerprint density at radius 2 is 2.15 bits per heavy atom. The Labute approximate surface area is 125 Å². The summed E-state index contributed by atoms with van der Waals surface area (Å²) in [7, 11) is 0. The van der Waals surface area contributed by atoms with E-state index in [1.165, 1.54) is 17.7 Å². The first kappa shape index (κ1) is 14.9. The third-order valence-electron chi connectivity index (χ3n) is 2.50. The van der Waals surface area contributed by atoms with E-state index < -0.39 is 5.82 Å². The van der Waals surface area contributed by atoms with Crippen molar-refractivity contribution in [3.05, 3.63) is 52.5 Å². The highest BCUT2D eigenvalue weighted by atomic mass is 32.2. The first-order valence-corrected chi connectivity index (χ1v) is 8.23. The lowest BCUT2D eigenvalue weighted by atomic mass is 10.3. The summed E-state index contributed by atoms with van der Waals surface area (Å²) >= 11 is 3.43. The van der Waals surface area contributed by atoms with E-state index >= 15 is 0 Å². The highest BCUT2D eigenvalue weighted by Gasteiger charge is 2.04. The van der Waals surface area contributed by atoms with E-state index in [1.807, 2.05) is 0 Å². The molecule has 0 unspecified atom stereocenters. The number of para-hydroxylation sites is 1. The number of nitrogens with one attached hydrogen (secondary N) is 2. The fraction of sp³-hybridized carbons (Fsp3) is 0.214. The quantitative estimate of drug-likeness (QED) is 0.793. The van der Waals surface area contributed by atoms with Crippen molar-refractivity contribution >= 4 is 34.8 Å². The molecule has 0 bridgehead atoms. The van der Waals surface area contributed by atoms with E-state index in [0.29, 0.717) is 6.54 Å². The lowest BCUT2D eigenvalue weighted by Gasteiger charge is -2.08. The molecule has 0 saturated heterocycles.